The Morgan fingerprint density at radius 2 is 1.96 bits per heavy atom. The van der Waals surface area contributed by atoms with Crippen molar-refractivity contribution in [2.45, 2.75) is 19.4 Å². The summed E-state index contributed by atoms with van der Waals surface area (Å²) >= 11 is 3.38. The van der Waals surface area contributed by atoms with Crippen LogP contribution in [0.5, 0.6) is 0 Å². The minimum atomic E-state index is -0.635. The van der Waals surface area contributed by atoms with Crippen molar-refractivity contribution < 1.29 is 14.3 Å². The van der Waals surface area contributed by atoms with Gasteiger partial charge in [0.25, 0.3) is 5.91 Å². The average Bonchev–Trinajstić information content (AvgIpc) is 2.65. The predicted molar refractivity (Wildman–Crippen MR) is 96.8 cm³/mol. The number of esters is 1. The number of halogens is 1. The van der Waals surface area contributed by atoms with E-state index in [0.717, 1.165) is 10.0 Å². The van der Waals surface area contributed by atoms with Crippen LogP contribution in [0.1, 0.15) is 40.9 Å². The minimum Gasteiger partial charge on any atom is -0.452 e. The molecule has 0 radical (unpaired) electrons. The largest absolute Gasteiger partial charge is 0.452 e. The lowest BCUT2D eigenvalue weighted by molar-refractivity contribution is -0.125. The summed E-state index contributed by atoms with van der Waals surface area (Å²) in [6, 6.07) is 15.6. The summed E-state index contributed by atoms with van der Waals surface area (Å²) in [4.78, 5) is 24.0. The number of amides is 1. The molecule has 0 aliphatic rings. The molecular formula is C19H17BrN2O3. The number of ether oxygens (including phenoxy) is 1. The quantitative estimate of drug-likeness (QED) is 0.748. The molecule has 2 rings (SSSR count). The zero-order chi connectivity index (χ0) is 18.2. The number of hydrogen-bond donors (Lipinski definition) is 1. The molecule has 6 heteroatoms. The van der Waals surface area contributed by atoms with Crippen LogP contribution in [-0.4, -0.2) is 18.5 Å². The molecule has 0 saturated heterocycles. The fraction of sp³-hybridized carbons (Fsp3) is 0.211. The van der Waals surface area contributed by atoms with Gasteiger partial charge >= 0.3 is 5.97 Å². The van der Waals surface area contributed by atoms with Crippen LogP contribution < -0.4 is 5.32 Å². The molecule has 0 spiro atoms. The highest BCUT2D eigenvalue weighted by atomic mass is 79.9. The van der Waals surface area contributed by atoms with E-state index in [-0.39, 0.29) is 24.1 Å². The second-order valence-electron chi connectivity index (χ2n) is 5.35. The second kappa shape index (κ2) is 9.00. The van der Waals surface area contributed by atoms with Crippen LogP contribution in [0, 0.1) is 11.3 Å². The third-order valence-corrected chi connectivity index (χ3v) is 4.11. The molecule has 0 aromatic heterocycles. The lowest BCUT2D eigenvalue weighted by Crippen LogP contribution is -2.32. The number of nitriles is 1. The number of hydrogen-bond acceptors (Lipinski definition) is 4. The number of rotatable bonds is 6. The van der Waals surface area contributed by atoms with Crippen molar-refractivity contribution in [1.29, 1.82) is 5.26 Å². The second-order valence-corrected chi connectivity index (χ2v) is 6.26. The molecule has 1 atom stereocenters. The van der Waals surface area contributed by atoms with Gasteiger partial charge in [0.1, 0.15) is 0 Å². The maximum atomic E-state index is 12.1. The maximum absolute atomic E-state index is 12.1. The molecule has 0 aliphatic heterocycles. The Hall–Kier alpha value is -2.65. The van der Waals surface area contributed by atoms with Gasteiger partial charge in [-0.3, -0.25) is 4.79 Å². The molecule has 0 unspecified atom stereocenters. The van der Waals surface area contributed by atoms with E-state index in [4.69, 9.17) is 10.00 Å². The number of nitrogens with one attached hydrogen (secondary N) is 1. The van der Waals surface area contributed by atoms with E-state index in [9.17, 15) is 9.59 Å². The van der Waals surface area contributed by atoms with Gasteiger partial charge in [-0.2, -0.15) is 5.26 Å². The van der Waals surface area contributed by atoms with Gasteiger partial charge in [-0.15, -0.1) is 0 Å². The van der Waals surface area contributed by atoms with E-state index in [0.29, 0.717) is 12.0 Å². The summed E-state index contributed by atoms with van der Waals surface area (Å²) in [6.45, 7) is 1.59. The van der Waals surface area contributed by atoms with E-state index in [1.165, 1.54) is 12.1 Å². The molecule has 128 valence electrons. The smallest absolute Gasteiger partial charge is 0.338 e. The van der Waals surface area contributed by atoms with E-state index >= 15 is 0 Å². The summed E-state index contributed by atoms with van der Waals surface area (Å²) in [5.41, 5.74) is 1.58. The number of nitrogens with zero attached hydrogens (tertiary/aromatic N) is 1. The highest BCUT2D eigenvalue weighted by molar-refractivity contribution is 9.10. The van der Waals surface area contributed by atoms with Gasteiger partial charge in [-0.25, -0.2) is 4.79 Å². The molecule has 0 aliphatic carbocycles. The Labute approximate surface area is 154 Å². The van der Waals surface area contributed by atoms with Crippen LogP contribution in [0.2, 0.25) is 0 Å². The molecule has 1 N–H and O–H groups in total. The molecule has 25 heavy (non-hydrogen) atoms. The zero-order valence-corrected chi connectivity index (χ0v) is 15.2. The first kappa shape index (κ1) is 18.7. The molecule has 2 aromatic carbocycles. The Bertz CT molecular complexity index is 797. The van der Waals surface area contributed by atoms with E-state index in [2.05, 4.69) is 21.2 Å². The maximum Gasteiger partial charge on any atom is 0.338 e. The summed E-state index contributed by atoms with van der Waals surface area (Å²) < 4.78 is 5.99. The number of carbonyl (C=O) groups excluding carboxylic acids is 2. The highest BCUT2D eigenvalue weighted by Gasteiger charge is 2.15. The molecule has 0 saturated carbocycles. The first-order valence-corrected chi connectivity index (χ1v) is 8.55. The van der Waals surface area contributed by atoms with Gasteiger partial charge in [0.05, 0.1) is 23.2 Å². The van der Waals surface area contributed by atoms with Gasteiger partial charge < -0.3 is 10.1 Å². The van der Waals surface area contributed by atoms with Gasteiger partial charge in [-0.1, -0.05) is 41.1 Å². The zero-order valence-electron chi connectivity index (χ0n) is 13.7. The SMILES string of the molecule is CC[C@@H](NC(=O)COC(=O)c1cccc(C#N)c1)c1ccc(Br)cc1. The standard InChI is InChI=1S/C19H17BrN2O3/c1-2-17(14-6-8-16(20)9-7-14)22-18(23)12-25-19(24)15-5-3-4-13(10-15)11-21/h3-10,17H,2,12H2,1H3,(H,22,23)/t17-/m1/s1. The third kappa shape index (κ3) is 5.44. The molecule has 1 amide bonds. The number of benzene rings is 2. The third-order valence-electron chi connectivity index (χ3n) is 3.58. The van der Waals surface area contributed by atoms with Crippen LogP contribution in [0.15, 0.2) is 53.0 Å². The topological polar surface area (TPSA) is 79.2 Å². The Morgan fingerprint density at radius 3 is 2.60 bits per heavy atom. The van der Waals surface area contributed by atoms with E-state index < -0.39 is 5.97 Å². The van der Waals surface area contributed by atoms with Gasteiger partial charge in [-0.05, 0) is 42.3 Å². The lowest BCUT2D eigenvalue weighted by atomic mass is 10.0. The molecule has 0 fully saturated rings. The molecule has 2 aromatic rings. The van der Waals surface area contributed by atoms with Crippen molar-refractivity contribution >= 4 is 27.8 Å². The van der Waals surface area contributed by atoms with Crippen molar-refractivity contribution in [3.05, 3.63) is 69.7 Å². The van der Waals surface area contributed by atoms with Gasteiger partial charge in [0.2, 0.25) is 0 Å². The summed E-state index contributed by atoms with van der Waals surface area (Å²) in [7, 11) is 0. The van der Waals surface area contributed by atoms with Crippen LogP contribution in [-0.2, 0) is 9.53 Å². The molecule has 0 heterocycles. The molecule has 5 nitrogen and oxygen atoms in total. The van der Waals surface area contributed by atoms with Crippen molar-refractivity contribution in [1.82, 2.24) is 5.32 Å². The predicted octanol–water partition coefficient (Wildman–Crippen LogP) is 3.75. The minimum absolute atomic E-state index is 0.152. The monoisotopic (exact) mass is 400 g/mol. The Balaban J connectivity index is 1.91. The summed E-state index contributed by atoms with van der Waals surface area (Å²) in [6.07, 6.45) is 0.714. The van der Waals surface area contributed by atoms with Gasteiger partial charge in [0, 0.05) is 4.47 Å². The van der Waals surface area contributed by atoms with Crippen molar-refractivity contribution in [2.24, 2.45) is 0 Å². The van der Waals surface area contributed by atoms with Crippen LogP contribution in [0.25, 0.3) is 0 Å². The Morgan fingerprint density at radius 1 is 1.24 bits per heavy atom. The van der Waals surface area contributed by atoms with Crippen molar-refractivity contribution in [3.8, 4) is 6.07 Å². The molecular weight excluding hydrogens is 384 g/mol. The normalized spacial score (nSPS) is 11.2. The summed E-state index contributed by atoms with van der Waals surface area (Å²) in [5, 5.41) is 11.7. The summed E-state index contributed by atoms with van der Waals surface area (Å²) in [5.74, 6) is -1.01. The highest BCUT2D eigenvalue weighted by Crippen LogP contribution is 2.19. The van der Waals surface area contributed by atoms with E-state index in [1.54, 1.807) is 12.1 Å². The lowest BCUT2D eigenvalue weighted by Gasteiger charge is -2.17. The Kier molecular flexibility index (Phi) is 6.72. The first-order chi connectivity index (χ1) is 12.0. The average molecular weight is 401 g/mol. The fourth-order valence-electron chi connectivity index (χ4n) is 2.28. The number of carbonyl (C=O) groups is 2. The molecule has 0 bridgehead atoms. The van der Waals surface area contributed by atoms with Crippen LogP contribution in [0.3, 0.4) is 0 Å². The van der Waals surface area contributed by atoms with Crippen molar-refractivity contribution in [3.63, 3.8) is 0 Å². The first-order valence-electron chi connectivity index (χ1n) is 7.75. The fourth-order valence-corrected chi connectivity index (χ4v) is 2.55. The van der Waals surface area contributed by atoms with Crippen LogP contribution >= 0.6 is 15.9 Å². The van der Waals surface area contributed by atoms with Crippen molar-refractivity contribution in [2.75, 3.05) is 6.61 Å². The van der Waals surface area contributed by atoms with Gasteiger partial charge in [0.15, 0.2) is 6.61 Å². The van der Waals surface area contributed by atoms with Crippen LogP contribution in [0.4, 0.5) is 0 Å². The van der Waals surface area contributed by atoms with E-state index in [1.807, 2.05) is 37.3 Å².